The molecule has 0 fully saturated rings. The van der Waals surface area contributed by atoms with Gasteiger partial charge in [-0.3, -0.25) is 9.11 Å². The Balaban J connectivity index is 3.66. The zero-order valence-corrected chi connectivity index (χ0v) is 27.7. The smallest absolute Gasteiger partial charge is 0.399 e. The van der Waals surface area contributed by atoms with E-state index in [9.17, 15) is 16.8 Å². The van der Waals surface area contributed by atoms with Crippen LogP contribution in [0.4, 0.5) is 0 Å². The van der Waals surface area contributed by atoms with Gasteiger partial charge in [0.05, 0.1) is 6.26 Å². The lowest BCUT2D eigenvalue weighted by molar-refractivity contribution is 0.0835. The van der Waals surface area contributed by atoms with E-state index in [0.29, 0.717) is 0 Å². The maximum absolute atomic E-state index is 10.7. The summed E-state index contributed by atoms with van der Waals surface area (Å²) in [6.45, 7) is 0.976. The fourth-order valence-corrected chi connectivity index (χ4v) is 4.82. The van der Waals surface area contributed by atoms with Gasteiger partial charge in [-0.1, -0.05) is 122 Å². The predicted octanol–water partition coefficient (Wildman–Crippen LogP) is 7.55. The molecule has 0 aliphatic heterocycles. The molecule has 0 radical (unpaired) electrons. The van der Waals surface area contributed by atoms with Crippen molar-refractivity contribution in [2.75, 3.05) is 27.2 Å². The minimum atomic E-state index is -4.75. The molecule has 42 heavy (non-hydrogen) atoms. The topological polar surface area (TPSA) is 143 Å². The van der Waals surface area contributed by atoms with Gasteiger partial charge in [0.2, 0.25) is 0 Å². The van der Waals surface area contributed by atoms with Crippen molar-refractivity contribution in [3.63, 3.8) is 0 Å². The molecular weight excluding hydrogens is 584 g/mol. The highest BCUT2D eigenvalue weighted by Crippen LogP contribution is 2.15. The van der Waals surface area contributed by atoms with Crippen LogP contribution in [0.25, 0.3) is 0 Å². The van der Waals surface area contributed by atoms with Gasteiger partial charge in [-0.15, -0.1) is 0 Å². The van der Waals surface area contributed by atoms with Crippen LogP contribution in [0, 0.1) is 0 Å². The first-order chi connectivity index (χ1) is 20.0. The Kier molecular flexibility index (Phi) is 26.3. The van der Waals surface area contributed by atoms with Gasteiger partial charge in [0.15, 0.2) is 6.73 Å². The molecular formula is C29H58N2O9S2. The first-order valence-electron chi connectivity index (χ1n) is 15.7. The van der Waals surface area contributed by atoms with Crippen molar-refractivity contribution in [1.82, 2.24) is 9.80 Å². The molecule has 0 spiro atoms. The normalized spacial score (nSPS) is 12.5. The number of nitrogens with zero attached hydrogens (tertiary/aromatic N) is 2. The van der Waals surface area contributed by atoms with Crippen molar-refractivity contribution in [2.45, 2.75) is 135 Å². The average molecular weight is 643 g/mol. The molecule has 0 aromatic rings. The molecule has 0 rings (SSSR count). The Hall–Kier alpha value is -1.38. The van der Waals surface area contributed by atoms with Gasteiger partial charge in [0.25, 0.3) is 0 Å². The van der Waals surface area contributed by atoms with E-state index in [4.69, 9.17) is 13.8 Å². The quantitative estimate of drug-likeness (QED) is 0.0335. The molecule has 0 saturated carbocycles. The molecule has 0 aliphatic carbocycles. The molecule has 250 valence electrons. The van der Waals surface area contributed by atoms with Crippen LogP contribution >= 0.6 is 0 Å². The third kappa shape index (κ3) is 33.1. The second kappa shape index (κ2) is 27.2. The van der Waals surface area contributed by atoms with Crippen LogP contribution in [0.1, 0.15) is 135 Å². The van der Waals surface area contributed by atoms with Crippen molar-refractivity contribution in [3.8, 4) is 0 Å². The molecule has 13 heteroatoms. The van der Waals surface area contributed by atoms with E-state index in [1.165, 1.54) is 128 Å². The van der Waals surface area contributed by atoms with Crippen molar-refractivity contribution < 1.29 is 39.0 Å². The minimum absolute atomic E-state index is 0.179. The van der Waals surface area contributed by atoms with Crippen molar-refractivity contribution in [3.05, 3.63) is 24.7 Å². The molecule has 0 unspecified atom stereocenters. The molecule has 2 N–H and O–H groups in total. The number of hydrogen-bond donors (Lipinski definition) is 2. The number of rotatable bonds is 31. The SMILES string of the molecule is CCCCCCCCCCCCCCCCCCCCCC=COCN(C)C=CN(COS(=O)(=O)O)COS(=O)(=O)O. The fraction of sp³-hybridized carbons (Fsp3) is 0.862. The third-order valence-corrected chi connectivity index (χ3v) is 7.52. The first-order valence-corrected chi connectivity index (χ1v) is 18.4. The van der Waals surface area contributed by atoms with E-state index in [-0.39, 0.29) is 6.73 Å². The molecule has 0 aromatic heterocycles. The molecule has 0 atom stereocenters. The number of unbranched alkanes of at least 4 members (excludes halogenated alkanes) is 19. The third-order valence-electron chi connectivity index (χ3n) is 6.71. The van der Waals surface area contributed by atoms with Gasteiger partial charge in [-0.2, -0.15) is 16.8 Å². The summed E-state index contributed by atoms with van der Waals surface area (Å²) in [4.78, 5) is 2.54. The standard InChI is InChI=1S/C29H58N2O9S2/c1-3-4-5-6-7-8-9-10-11-12-13-14-15-16-17-18-19-20-21-22-23-26-38-27-30(2)24-25-31(28-39-41(32,33)34)29-40-42(35,36)37/h23-26H,3-22,27-29H2,1-2H3,(H,32,33,34)(H,35,36,37). The second-order valence-electron chi connectivity index (χ2n) is 10.8. The maximum Gasteiger partial charge on any atom is 0.399 e. The largest absolute Gasteiger partial charge is 0.481 e. The summed E-state index contributed by atoms with van der Waals surface area (Å²) in [6.07, 6.45) is 33.1. The highest BCUT2D eigenvalue weighted by molar-refractivity contribution is 7.81. The van der Waals surface area contributed by atoms with Crippen molar-refractivity contribution in [2.24, 2.45) is 0 Å². The molecule has 0 heterocycles. The summed E-state index contributed by atoms with van der Waals surface area (Å²) in [5.41, 5.74) is 0. The monoisotopic (exact) mass is 642 g/mol. The van der Waals surface area contributed by atoms with Crippen LogP contribution in [-0.2, 0) is 33.9 Å². The summed E-state index contributed by atoms with van der Waals surface area (Å²) in [7, 11) is -7.82. The molecule has 0 aliphatic rings. The van der Waals surface area contributed by atoms with Gasteiger partial charge in [0.1, 0.15) is 13.5 Å². The lowest BCUT2D eigenvalue weighted by Crippen LogP contribution is -2.28. The van der Waals surface area contributed by atoms with Gasteiger partial charge >= 0.3 is 20.8 Å². The van der Waals surface area contributed by atoms with E-state index in [1.54, 1.807) is 18.2 Å². The van der Waals surface area contributed by atoms with Crippen molar-refractivity contribution >= 4 is 20.8 Å². The van der Waals surface area contributed by atoms with E-state index < -0.39 is 34.3 Å². The van der Waals surface area contributed by atoms with Crippen LogP contribution < -0.4 is 0 Å². The van der Waals surface area contributed by atoms with Crippen LogP contribution in [-0.4, -0.2) is 63.0 Å². The Morgan fingerprint density at radius 1 is 0.571 bits per heavy atom. The van der Waals surface area contributed by atoms with Crippen LogP contribution in [0.5, 0.6) is 0 Å². The molecule has 0 saturated heterocycles. The van der Waals surface area contributed by atoms with E-state index in [0.717, 1.165) is 17.7 Å². The summed E-state index contributed by atoms with van der Waals surface area (Å²) < 4.78 is 74.1. The highest BCUT2D eigenvalue weighted by Gasteiger charge is 2.12. The highest BCUT2D eigenvalue weighted by atomic mass is 32.3. The van der Waals surface area contributed by atoms with Crippen LogP contribution in [0.3, 0.4) is 0 Å². The van der Waals surface area contributed by atoms with E-state index in [2.05, 4.69) is 15.3 Å². The van der Waals surface area contributed by atoms with Crippen LogP contribution in [0.2, 0.25) is 0 Å². The number of allylic oxidation sites excluding steroid dienone is 1. The molecule has 0 amide bonds. The molecule has 11 nitrogen and oxygen atoms in total. The number of ether oxygens (including phenoxy) is 1. The Morgan fingerprint density at radius 2 is 0.952 bits per heavy atom. The lowest BCUT2D eigenvalue weighted by Gasteiger charge is -2.20. The second-order valence-corrected chi connectivity index (χ2v) is 13.0. The first kappa shape index (κ1) is 40.6. The minimum Gasteiger partial charge on any atom is -0.481 e. The Labute approximate surface area is 256 Å². The lowest BCUT2D eigenvalue weighted by atomic mass is 10.0. The summed E-state index contributed by atoms with van der Waals surface area (Å²) in [5, 5.41) is 0. The molecule has 0 bridgehead atoms. The van der Waals surface area contributed by atoms with Crippen LogP contribution in [0.15, 0.2) is 24.7 Å². The zero-order valence-electron chi connectivity index (χ0n) is 26.0. The number of hydrogen-bond acceptors (Lipinski definition) is 9. The van der Waals surface area contributed by atoms with Gasteiger partial charge in [0, 0.05) is 19.4 Å². The fourth-order valence-electron chi connectivity index (χ4n) is 4.28. The Morgan fingerprint density at radius 3 is 1.33 bits per heavy atom. The van der Waals surface area contributed by atoms with Gasteiger partial charge in [-0.05, 0) is 18.9 Å². The maximum atomic E-state index is 10.7. The van der Waals surface area contributed by atoms with E-state index >= 15 is 0 Å². The summed E-state index contributed by atoms with van der Waals surface area (Å²) in [6, 6.07) is 0. The summed E-state index contributed by atoms with van der Waals surface area (Å²) in [5.74, 6) is 0. The van der Waals surface area contributed by atoms with Crippen molar-refractivity contribution in [1.29, 1.82) is 0 Å². The van der Waals surface area contributed by atoms with Gasteiger partial charge < -0.3 is 14.5 Å². The van der Waals surface area contributed by atoms with E-state index in [1.807, 2.05) is 6.08 Å². The Bertz CT molecular complexity index is 846. The zero-order chi connectivity index (χ0) is 31.4. The molecule has 0 aromatic carbocycles. The van der Waals surface area contributed by atoms with Gasteiger partial charge in [-0.25, -0.2) is 8.37 Å². The summed E-state index contributed by atoms with van der Waals surface area (Å²) >= 11 is 0. The average Bonchev–Trinajstić information content (AvgIpc) is 2.92. The predicted molar refractivity (Wildman–Crippen MR) is 167 cm³/mol.